The standard InChI is InChI=1S/C28H26BNO6S/c31-19-7-4-6-17(12-19)24-14-22-25-23(27(32)30(28(25)33)15-21-10-5-11-37-21)13-18(26(22)29(34)36-24)16-35-20-8-2-1-3-9-20/h1-12,22-25,31,34H,13-16H2/t22-,23-,24-,25+/m0/s1. The average Bonchev–Trinajstić information content (AvgIpc) is 3.50. The highest BCUT2D eigenvalue weighted by molar-refractivity contribution is 7.09. The smallest absolute Gasteiger partial charge is 0.487 e. The fraction of sp³-hybridized carbons (Fsp3) is 0.286. The third-order valence-electron chi connectivity index (χ3n) is 7.59. The molecule has 3 aromatic rings. The van der Waals surface area contributed by atoms with Crippen LogP contribution in [-0.4, -0.2) is 40.6 Å². The van der Waals surface area contributed by atoms with Crippen LogP contribution in [-0.2, 0) is 20.8 Å². The summed E-state index contributed by atoms with van der Waals surface area (Å²) in [5, 5.41) is 23.1. The number of thiophene rings is 1. The second kappa shape index (κ2) is 9.81. The van der Waals surface area contributed by atoms with Gasteiger partial charge >= 0.3 is 7.12 Å². The van der Waals surface area contributed by atoms with Crippen LogP contribution in [0.4, 0.5) is 0 Å². The minimum Gasteiger partial charge on any atom is -0.508 e. The number of para-hydroxylation sites is 1. The fourth-order valence-corrected chi connectivity index (χ4v) is 6.64. The molecule has 0 bridgehead atoms. The third-order valence-corrected chi connectivity index (χ3v) is 8.46. The molecule has 4 atom stereocenters. The van der Waals surface area contributed by atoms with Crippen LogP contribution < -0.4 is 4.74 Å². The first-order chi connectivity index (χ1) is 18.0. The van der Waals surface area contributed by atoms with Crippen molar-refractivity contribution in [3.63, 3.8) is 0 Å². The number of carbonyl (C=O) groups is 2. The summed E-state index contributed by atoms with van der Waals surface area (Å²) in [7, 11) is -1.24. The number of phenolic OH excluding ortho intramolecular Hbond substituents is 1. The van der Waals surface area contributed by atoms with Crippen LogP contribution in [0.15, 0.2) is 83.2 Å². The molecule has 0 radical (unpaired) electrons. The zero-order chi connectivity index (χ0) is 25.5. The molecule has 3 heterocycles. The Morgan fingerprint density at radius 3 is 2.62 bits per heavy atom. The number of imide groups is 1. The van der Waals surface area contributed by atoms with Gasteiger partial charge in [0.05, 0.1) is 24.5 Å². The van der Waals surface area contributed by atoms with E-state index in [1.807, 2.05) is 53.9 Å². The van der Waals surface area contributed by atoms with Crippen LogP contribution in [0, 0.1) is 17.8 Å². The van der Waals surface area contributed by atoms with E-state index in [2.05, 4.69) is 0 Å². The molecule has 2 aliphatic heterocycles. The lowest BCUT2D eigenvalue weighted by atomic mass is 9.55. The molecule has 2 fully saturated rings. The number of benzene rings is 2. The molecule has 2 aromatic carbocycles. The Kier molecular flexibility index (Phi) is 6.36. The highest BCUT2D eigenvalue weighted by atomic mass is 32.1. The SMILES string of the molecule is O=C1[C@H]2[C@H](CC(COc3ccccc3)=C3B(O)O[C@H](c4cccc(O)c4)C[C@H]32)C(=O)N1Cc1cccs1. The number of likely N-dealkylation sites (tertiary alicyclic amines) is 1. The minimum absolute atomic E-state index is 0.102. The number of rotatable bonds is 6. The highest BCUT2D eigenvalue weighted by Gasteiger charge is 2.57. The number of hydrogen-bond donors (Lipinski definition) is 2. The number of phenols is 1. The van der Waals surface area contributed by atoms with Crippen LogP contribution in [0.3, 0.4) is 0 Å². The van der Waals surface area contributed by atoms with Crippen molar-refractivity contribution in [3.05, 3.63) is 93.6 Å². The van der Waals surface area contributed by atoms with Gasteiger partial charge in [-0.15, -0.1) is 11.3 Å². The molecule has 9 heteroatoms. The molecule has 2 N–H and O–H groups in total. The average molecular weight is 515 g/mol. The van der Waals surface area contributed by atoms with E-state index < -0.39 is 25.1 Å². The summed E-state index contributed by atoms with van der Waals surface area (Å²) in [5.74, 6) is -1.04. The molecule has 0 saturated carbocycles. The van der Waals surface area contributed by atoms with Crippen LogP contribution in [0.2, 0.25) is 0 Å². The Bertz CT molecular complexity index is 1340. The molecule has 0 unspecified atom stereocenters. The van der Waals surface area contributed by atoms with Crippen molar-refractivity contribution < 1.29 is 29.1 Å². The zero-order valence-electron chi connectivity index (χ0n) is 20.0. The quantitative estimate of drug-likeness (QED) is 0.379. The molecule has 2 amide bonds. The Hall–Kier alpha value is -3.40. The van der Waals surface area contributed by atoms with Gasteiger partial charge in [0.1, 0.15) is 18.1 Å². The van der Waals surface area contributed by atoms with Gasteiger partial charge in [0.25, 0.3) is 0 Å². The van der Waals surface area contributed by atoms with Crippen molar-refractivity contribution in [1.82, 2.24) is 4.90 Å². The molecular weight excluding hydrogens is 489 g/mol. The Labute approximate surface area is 219 Å². The normalized spacial score (nSPS) is 25.3. The summed E-state index contributed by atoms with van der Waals surface area (Å²) >= 11 is 1.52. The molecule has 7 nitrogen and oxygen atoms in total. The monoisotopic (exact) mass is 515 g/mol. The number of fused-ring (bicyclic) bond motifs is 3. The lowest BCUT2D eigenvalue weighted by molar-refractivity contribution is -0.140. The molecule has 37 heavy (non-hydrogen) atoms. The number of aromatic hydroxyl groups is 1. The summed E-state index contributed by atoms with van der Waals surface area (Å²) < 4.78 is 12.1. The van der Waals surface area contributed by atoms with E-state index in [0.717, 1.165) is 16.0 Å². The van der Waals surface area contributed by atoms with Crippen molar-refractivity contribution >= 4 is 30.3 Å². The minimum atomic E-state index is -1.24. The third kappa shape index (κ3) is 4.48. The molecule has 0 spiro atoms. The maximum absolute atomic E-state index is 13.7. The van der Waals surface area contributed by atoms with Gasteiger partial charge < -0.3 is 19.5 Å². The van der Waals surface area contributed by atoms with Gasteiger partial charge in [-0.05, 0) is 71.1 Å². The number of carbonyl (C=O) groups excluding carboxylic acids is 2. The van der Waals surface area contributed by atoms with Gasteiger partial charge in [0.15, 0.2) is 0 Å². The lowest BCUT2D eigenvalue weighted by Crippen LogP contribution is -2.45. The first-order valence-corrected chi connectivity index (χ1v) is 13.3. The summed E-state index contributed by atoms with van der Waals surface area (Å²) in [5.41, 5.74) is 2.17. The number of ether oxygens (including phenoxy) is 1. The summed E-state index contributed by atoms with van der Waals surface area (Å²) in [6.45, 7) is 0.456. The molecular formula is C28H26BNO6S. The first kappa shape index (κ1) is 24.0. The van der Waals surface area contributed by atoms with Crippen molar-refractivity contribution in [3.8, 4) is 11.5 Å². The van der Waals surface area contributed by atoms with E-state index >= 15 is 0 Å². The summed E-state index contributed by atoms with van der Waals surface area (Å²) in [6.07, 6.45) is 0.226. The molecule has 6 rings (SSSR count). The van der Waals surface area contributed by atoms with E-state index in [0.29, 0.717) is 24.1 Å². The zero-order valence-corrected chi connectivity index (χ0v) is 20.8. The molecule has 188 valence electrons. The van der Waals surface area contributed by atoms with E-state index in [9.17, 15) is 19.7 Å². The van der Waals surface area contributed by atoms with Gasteiger partial charge in [-0.3, -0.25) is 14.5 Å². The van der Waals surface area contributed by atoms with Crippen LogP contribution >= 0.6 is 11.3 Å². The van der Waals surface area contributed by atoms with Gasteiger partial charge in [-0.25, -0.2) is 0 Å². The van der Waals surface area contributed by atoms with Gasteiger partial charge in [-0.2, -0.15) is 0 Å². The Morgan fingerprint density at radius 1 is 1.03 bits per heavy atom. The van der Waals surface area contributed by atoms with Gasteiger partial charge in [0.2, 0.25) is 11.8 Å². The van der Waals surface area contributed by atoms with E-state index in [4.69, 9.17) is 9.39 Å². The van der Waals surface area contributed by atoms with E-state index in [1.165, 1.54) is 16.2 Å². The van der Waals surface area contributed by atoms with Crippen molar-refractivity contribution in [2.75, 3.05) is 6.61 Å². The van der Waals surface area contributed by atoms with Gasteiger partial charge in [0, 0.05) is 4.88 Å². The van der Waals surface area contributed by atoms with E-state index in [-0.39, 0.29) is 36.6 Å². The summed E-state index contributed by atoms with van der Waals surface area (Å²) in [4.78, 5) is 29.6. The van der Waals surface area contributed by atoms with E-state index in [1.54, 1.807) is 18.2 Å². The molecule has 3 aliphatic rings. The predicted molar refractivity (Wildman–Crippen MR) is 138 cm³/mol. The topological polar surface area (TPSA) is 96.3 Å². The number of amides is 2. The van der Waals surface area contributed by atoms with Crippen molar-refractivity contribution in [2.45, 2.75) is 25.5 Å². The fourth-order valence-electron chi connectivity index (χ4n) is 5.95. The Balaban J connectivity index is 1.35. The maximum Gasteiger partial charge on any atom is 0.487 e. The van der Waals surface area contributed by atoms with Crippen LogP contribution in [0.25, 0.3) is 0 Å². The number of nitrogens with zero attached hydrogens (tertiary/aromatic N) is 1. The van der Waals surface area contributed by atoms with Gasteiger partial charge in [-0.1, -0.05) is 36.4 Å². The van der Waals surface area contributed by atoms with Crippen molar-refractivity contribution in [2.24, 2.45) is 17.8 Å². The number of allylic oxidation sites excluding steroid dienone is 1. The maximum atomic E-state index is 13.7. The van der Waals surface area contributed by atoms with Crippen LogP contribution in [0.1, 0.15) is 29.4 Å². The molecule has 1 aromatic heterocycles. The molecule has 1 aliphatic carbocycles. The first-order valence-electron chi connectivity index (χ1n) is 12.4. The highest BCUT2D eigenvalue weighted by Crippen LogP contribution is 2.51. The van der Waals surface area contributed by atoms with Crippen LogP contribution in [0.5, 0.6) is 11.5 Å². The second-order valence-corrected chi connectivity index (χ2v) is 10.8. The Morgan fingerprint density at radius 2 is 1.86 bits per heavy atom. The molecule has 2 saturated heterocycles. The second-order valence-electron chi connectivity index (χ2n) is 9.75. The predicted octanol–water partition coefficient (Wildman–Crippen LogP) is 4.13. The summed E-state index contributed by atoms with van der Waals surface area (Å²) in [6, 6.07) is 19.9. The lowest BCUT2D eigenvalue weighted by Gasteiger charge is -2.42. The van der Waals surface area contributed by atoms with Crippen molar-refractivity contribution in [1.29, 1.82) is 0 Å². The number of hydrogen-bond acceptors (Lipinski definition) is 7. The largest absolute Gasteiger partial charge is 0.508 e.